The van der Waals surface area contributed by atoms with Crippen LogP contribution in [0.4, 0.5) is 5.69 Å². The number of hydrogen-bond acceptors (Lipinski definition) is 5. The second kappa shape index (κ2) is 8.82. The molecule has 1 fully saturated rings. The lowest BCUT2D eigenvalue weighted by Crippen LogP contribution is -2.51. The van der Waals surface area contributed by atoms with Gasteiger partial charge >= 0.3 is 0 Å². The highest BCUT2D eigenvalue weighted by molar-refractivity contribution is 7.92. The second-order valence-electron chi connectivity index (χ2n) is 6.92. The van der Waals surface area contributed by atoms with E-state index in [-0.39, 0.29) is 12.5 Å². The van der Waals surface area contributed by atoms with Crippen molar-refractivity contribution in [3.05, 3.63) is 51.2 Å². The van der Waals surface area contributed by atoms with Crippen LogP contribution in [0.3, 0.4) is 0 Å². The molecule has 1 aromatic heterocycles. The number of nitrogens with zero attached hydrogens (tertiary/aromatic N) is 3. The summed E-state index contributed by atoms with van der Waals surface area (Å²) in [4.78, 5) is 18.0. The van der Waals surface area contributed by atoms with Gasteiger partial charge in [0.25, 0.3) is 0 Å². The van der Waals surface area contributed by atoms with Crippen LogP contribution in [0, 0.1) is 6.92 Å². The predicted molar refractivity (Wildman–Crippen MR) is 115 cm³/mol. The van der Waals surface area contributed by atoms with Crippen molar-refractivity contribution in [1.82, 2.24) is 9.80 Å². The topological polar surface area (TPSA) is 60.9 Å². The van der Waals surface area contributed by atoms with Gasteiger partial charge in [-0.25, -0.2) is 8.42 Å². The molecule has 3 rings (SSSR count). The number of halogens is 1. The molecule has 1 aliphatic rings. The number of rotatable bonds is 6. The molecule has 1 amide bonds. The Labute approximate surface area is 175 Å². The molecule has 1 aromatic carbocycles. The van der Waals surface area contributed by atoms with Crippen molar-refractivity contribution in [2.75, 3.05) is 43.3 Å². The molecular formula is C19H24ClN3O3S2. The van der Waals surface area contributed by atoms with Crippen LogP contribution in [-0.4, -0.2) is 63.1 Å². The summed E-state index contributed by atoms with van der Waals surface area (Å²) in [5.74, 6) is -0.174. The first-order valence-electron chi connectivity index (χ1n) is 9.02. The number of aryl methyl sites for hydroxylation is 1. The van der Waals surface area contributed by atoms with E-state index in [0.29, 0.717) is 18.8 Å². The third kappa shape index (κ3) is 5.26. The van der Waals surface area contributed by atoms with Crippen molar-refractivity contribution < 1.29 is 13.2 Å². The maximum absolute atomic E-state index is 12.8. The minimum atomic E-state index is -3.56. The number of anilines is 1. The fourth-order valence-electron chi connectivity index (χ4n) is 3.26. The Morgan fingerprint density at radius 3 is 2.39 bits per heavy atom. The maximum atomic E-state index is 12.8. The molecule has 0 radical (unpaired) electrons. The summed E-state index contributed by atoms with van der Waals surface area (Å²) >= 11 is 7.55. The predicted octanol–water partition coefficient (Wildman–Crippen LogP) is 2.82. The van der Waals surface area contributed by atoms with Gasteiger partial charge in [-0.05, 0) is 30.7 Å². The Balaban J connectivity index is 1.61. The van der Waals surface area contributed by atoms with Crippen LogP contribution in [0.25, 0.3) is 0 Å². The summed E-state index contributed by atoms with van der Waals surface area (Å²) in [7, 11) is -3.56. The quantitative estimate of drug-likeness (QED) is 0.691. The Bertz CT molecular complexity index is 937. The first kappa shape index (κ1) is 21.1. The molecular weight excluding hydrogens is 418 g/mol. The van der Waals surface area contributed by atoms with E-state index in [1.54, 1.807) is 28.4 Å². The largest absolute Gasteiger partial charge is 0.339 e. The van der Waals surface area contributed by atoms with Gasteiger partial charge in [0.15, 0.2) is 0 Å². The number of thiophene rings is 1. The Hall–Kier alpha value is -1.61. The molecule has 0 spiro atoms. The van der Waals surface area contributed by atoms with E-state index in [0.717, 1.165) is 35.8 Å². The van der Waals surface area contributed by atoms with Crippen LogP contribution < -0.4 is 4.31 Å². The summed E-state index contributed by atoms with van der Waals surface area (Å²) in [6.07, 6.45) is 1.14. The molecule has 9 heteroatoms. The van der Waals surface area contributed by atoms with Crippen LogP contribution >= 0.6 is 22.9 Å². The van der Waals surface area contributed by atoms with Gasteiger partial charge in [-0.3, -0.25) is 14.0 Å². The van der Waals surface area contributed by atoms with E-state index in [4.69, 9.17) is 11.6 Å². The maximum Gasteiger partial charge on any atom is 0.243 e. The zero-order valence-corrected chi connectivity index (χ0v) is 18.4. The number of carbonyl (C=O) groups is 1. The first-order valence-corrected chi connectivity index (χ1v) is 12.1. The number of piperazine rings is 1. The van der Waals surface area contributed by atoms with Gasteiger partial charge in [-0.2, -0.15) is 0 Å². The zero-order valence-electron chi connectivity index (χ0n) is 16.0. The van der Waals surface area contributed by atoms with Crippen molar-refractivity contribution in [3.8, 4) is 0 Å². The molecule has 0 N–H and O–H groups in total. The first-order chi connectivity index (χ1) is 13.2. The van der Waals surface area contributed by atoms with Crippen LogP contribution in [0.15, 0.2) is 36.4 Å². The van der Waals surface area contributed by atoms with Crippen LogP contribution in [0.1, 0.15) is 10.4 Å². The van der Waals surface area contributed by atoms with Gasteiger partial charge < -0.3 is 4.90 Å². The van der Waals surface area contributed by atoms with Crippen LogP contribution in [-0.2, 0) is 21.4 Å². The van der Waals surface area contributed by atoms with E-state index in [9.17, 15) is 13.2 Å². The molecule has 1 saturated heterocycles. The number of sulfonamides is 1. The molecule has 0 atom stereocenters. The Kier molecular flexibility index (Phi) is 6.65. The summed E-state index contributed by atoms with van der Waals surface area (Å²) in [5, 5.41) is 0. The monoisotopic (exact) mass is 441 g/mol. The molecule has 0 aliphatic carbocycles. The molecule has 2 heterocycles. The minimum absolute atomic E-state index is 0.174. The highest BCUT2D eigenvalue weighted by Crippen LogP contribution is 2.24. The molecule has 1 aliphatic heterocycles. The average molecular weight is 442 g/mol. The number of amides is 1. The van der Waals surface area contributed by atoms with E-state index < -0.39 is 10.0 Å². The number of carbonyl (C=O) groups excluding carboxylic acids is 1. The smallest absolute Gasteiger partial charge is 0.243 e. The Morgan fingerprint density at radius 2 is 1.82 bits per heavy atom. The molecule has 2 aromatic rings. The lowest BCUT2D eigenvalue weighted by atomic mass is 10.2. The van der Waals surface area contributed by atoms with Crippen molar-refractivity contribution in [2.45, 2.75) is 13.5 Å². The lowest BCUT2D eigenvalue weighted by molar-refractivity contribution is -0.131. The SMILES string of the molecule is Cc1ccccc1N(CC(=O)N1CCN(Cc2ccc(Cl)s2)CC1)S(C)(=O)=O. The fourth-order valence-corrected chi connectivity index (χ4v) is 5.30. The van der Waals surface area contributed by atoms with Gasteiger partial charge in [-0.15, -0.1) is 11.3 Å². The molecule has 0 bridgehead atoms. The standard InChI is InChI=1S/C19H24ClN3O3S2/c1-15-5-3-4-6-17(15)23(28(2,25)26)14-19(24)22-11-9-21(10-12-22)13-16-7-8-18(20)27-16/h3-8H,9-14H2,1-2H3. The molecule has 0 unspecified atom stereocenters. The summed E-state index contributed by atoms with van der Waals surface area (Å²) in [5.41, 5.74) is 1.37. The number of benzene rings is 1. The normalized spacial score (nSPS) is 15.6. The average Bonchev–Trinajstić information content (AvgIpc) is 3.05. The van der Waals surface area contributed by atoms with Gasteiger partial charge in [0.2, 0.25) is 15.9 Å². The Morgan fingerprint density at radius 1 is 1.14 bits per heavy atom. The van der Waals surface area contributed by atoms with E-state index >= 15 is 0 Å². The summed E-state index contributed by atoms with van der Waals surface area (Å²) < 4.78 is 26.6. The van der Waals surface area contributed by atoms with E-state index in [1.807, 2.05) is 31.2 Å². The van der Waals surface area contributed by atoms with E-state index in [1.165, 1.54) is 9.18 Å². The van der Waals surface area contributed by atoms with Crippen molar-refractivity contribution in [2.24, 2.45) is 0 Å². The lowest BCUT2D eigenvalue weighted by Gasteiger charge is -2.35. The number of hydrogen-bond donors (Lipinski definition) is 0. The molecule has 6 nitrogen and oxygen atoms in total. The third-order valence-corrected chi connectivity index (χ3v) is 7.14. The van der Waals surface area contributed by atoms with Crippen LogP contribution in [0.2, 0.25) is 4.34 Å². The highest BCUT2D eigenvalue weighted by atomic mass is 35.5. The van der Waals surface area contributed by atoms with Gasteiger partial charge in [0.05, 0.1) is 16.3 Å². The van der Waals surface area contributed by atoms with E-state index in [2.05, 4.69) is 4.90 Å². The number of para-hydroxylation sites is 1. The van der Waals surface area contributed by atoms with Gasteiger partial charge in [-0.1, -0.05) is 29.8 Å². The fraction of sp³-hybridized carbons (Fsp3) is 0.421. The molecule has 0 saturated carbocycles. The summed E-state index contributed by atoms with van der Waals surface area (Å²) in [6.45, 7) is 5.16. The van der Waals surface area contributed by atoms with Gasteiger partial charge in [0, 0.05) is 37.6 Å². The summed E-state index contributed by atoms with van der Waals surface area (Å²) in [6, 6.07) is 11.1. The second-order valence-corrected chi connectivity index (χ2v) is 10.6. The third-order valence-electron chi connectivity index (χ3n) is 4.80. The minimum Gasteiger partial charge on any atom is -0.339 e. The van der Waals surface area contributed by atoms with Crippen molar-refractivity contribution >= 4 is 44.6 Å². The van der Waals surface area contributed by atoms with Crippen LogP contribution in [0.5, 0.6) is 0 Å². The highest BCUT2D eigenvalue weighted by Gasteiger charge is 2.27. The van der Waals surface area contributed by atoms with Crippen molar-refractivity contribution in [1.29, 1.82) is 0 Å². The molecule has 28 heavy (non-hydrogen) atoms. The zero-order chi connectivity index (χ0) is 20.3. The van der Waals surface area contributed by atoms with Crippen molar-refractivity contribution in [3.63, 3.8) is 0 Å². The van der Waals surface area contributed by atoms with Gasteiger partial charge in [0.1, 0.15) is 6.54 Å². The molecule has 152 valence electrons.